The molecule has 0 aliphatic carbocycles. The maximum absolute atomic E-state index is 12.9. The van der Waals surface area contributed by atoms with E-state index in [1.807, 2.05) is 42.7 Å². The van der Waals surface area contributed by atoms with Gasteiger partial charge in [-0.2, -0.15) is 0 Å². The minimum Gasteiger partial charge on any atom is -0.369 e. The van der Waals surface area contributed by atoms with Gasteiger partial charge >= 0.3 is 0 Å². The molecule has 3 atom stereocenters. The fourth-order valence-electron chi connectivity index (χ4n) is 3.29. The van der Waals surface area contributed by atoms with Crippen LogP contribution in [0.4, 0.5) is 0 Å². The number of fused-ring (bicyclic) bond motifs is 1. The molecule has 0 bridgehead atoms. The van der Waals surface area contributed by atoms with Gasteiger partial charge in [-0.3, -0.25) is 9.59 Å². The van der Waals surface area contributed by atoms with Gasteiger partial charge in [0, 0.05) is 12.6 Å². The first-order valence-corrected chi connectivity index (χ1v) is 8.00. The van der Waals surface area contributed by atoms with E-state index in [-0.39, 0.29) is 29.8 Å². The molecule has 6 heteroatoms. The molecule has 3 rings (SSSR count). The summed E-state index contributed by atoms with van der Waals surface area (Å²) >= 11 is 0. The number of rotatable bonds is 3. The Labute approximate surface area is 135 Å². The maximum Gasteiger partial charge on any atom is 0.245 e. The normalized spacial score (nSPS) is 23.0. The summed E-state index contributed by atoms with van der Waals surface area (Å²) in [4.78, 5) is 30.6. The van der Waals surface area contributed by atoms with E-state index in [0.717, 1.165) is 23.9 Å². The van der Waals surface area contributed by atoms with Crippen LogP contribution in [-0.2, 0) is 9.59 Å². The first kappa shape index (κ1) is 15.5. The number of nitrogens with zero attached hydrogens (tertiary/aromatic N) is 3. The molecule has 2 amide bonds. The number of amides is 2. The number of likely N-dealkylation sites (tertiary alicyclic amines) is 1. The van der Waals surface area contributed by atoms with Gasteiger partial charge in [-0.05, 0) is 38.8 Å². The maximum atomic E-state index is 12.9. The Bertz CT molecular complexity index is 739. The highest BCUT2D eigenvalue weighted by atomic mass is 16.2. The molecule has 0 radical (unpaired) electrons. The molecular weight excluding hydrogens is 292 g/mol. The van der Waals surface area contributed by atoms with E-state index in [9.17, 15) is 9.59 Å². The second kappa shape index (κ2) is 6.02. The number of hydrogen-bond donors (Lipinski definition) is 1. The minimum atomic E-state index is -0.364. The van der Waals surface area contributed by atoms with Gasteiger partial charge in [0.25, 0.3) is 0 Å². The lowest BCUT2D eigenvalue weighted by molar-refractivity contribution is -0.140. The van der Waals surface area contributed by atoms with Crippen LogP contribution in [0.1, 0.15) is 32.7 Å². The Balaban J connectivity index is 1.85. The van der Waals surface area contributed by atoms with E-state index >= 15 is 0 Å². The highest BCUT2D eigenvalue weighted by molar-refractivity contribution is 5.85. The van der Waals surface area contributed by atoms with E-state index in [4.69, 9.17) is 5.73 Å². The molecular formula is C17H22N4O2. The first-order valence-electron chi connectivity index (χ1n) is 8.00. The van der Waals surface area contributed by atoms with Crippen LogP contribution in [0.25, 0.3) is 11.0 Å². The Hall–Kier alpha value is -2.37. The third kappa shape index (κ3) is 2.81. The molecule has 1 aromatic carbocycles. The molecule has 1 fully saturated rings. The fraction of sp³-hybridized carbons (Fsp3) is 0.471. The average Bonchev–Trinajstić information content (AvgIpc) is 2.97. The third-order valence-corrected chi connectivity index (χ3v) is 4.82. The van der Waals surface area contributed by atoms with Gasteiger partial charge in [0.1, 0.15) is 6.04 Å². The fourth-order valence-corrected chi connectivity index (χ4v) is 3.29. The molecule has 3 unspecified atom stereocenters. The zero-order valence-electron chi connectivity index (χ0n) is 13.5. The molecule has 2 heterocycles. The van der Waals surface area contributed by atoms with Crippen LogP contribution in [0.15, 0.2) is 30.6 Å². The van der Waals surface area contributed by atoms with Crippen molar-refractivity contribution in [3.05, 3.63) is 30.6 Å². The smallest absolute Gasteiger partial charge is 0.245 e. The van der Waals surface area contributed by atoms with Crippen LogP contribution in [0.5, 0.6) is 0 Å². The van der Waals surface area contributed by atoms with Crippen molar-refractivity contribution in [2.75, 3.05) is 6.54 Å². The van der Waals surface area contributed by atoms with Gasteiger partial charge < -0.3 is 15.2 Å². The van der Waals surface area contributed by atoms with Crippen molar-refractivity contribution in [3.8, 4) is 0 Å². The number of hydrogen-bond acceptors (Lipinski definition) is 3. The molecule has 1 aromatic heterocycles. The Kier molecular flexibility index (Phi) is 4.07. The molecule has 122 valence electrons. The lowest BCUT2D eigenvalue weighted by Gasteiger charge is -2.38. The van der Waals surface area contributed by atoms with Gasteiger partial charge in [0.15, 0.2) is 0 Å². The largest absolute Gasteiger partial charge is 0.369 e. The number of piperidine rings is 1. The number of benzene rings is 1. The van der Waals surface area contributed by atoms with Gasteiger partial charge in [-0.1, -0.05) is 12.1 Å². The Morgan fingerprint density at radius 2 is 2.04 bits per heavy atom. The van der Waals surface area contributed by atoms with Crippen LogP contribution in [-0.4, -0.2) is 38.9 Å². The van der Waals surface area contributed by atoms with Gasteiger partial charge in [-0.25, -0.2) is 4.98 Å². The third-order valence-electron chi connectivity index (χ3n) is 4.82. The topological polar surface area (TPSA) is 81.2 Å². The number of carbonyl (C=O) groups excluding carboxylic acids is 2. The van der Waals surface area contributed by atoms with E-state index in [1.165, 1.54) is 0 Å². The first-order chi connectivity index (χ1) is 11.0. The zero-order valence-corrected chi connectivity index (χ0v) is 13.5. The molecule has 1 aliphatic heterocycles. The van der Waals surface area contributed by atoms with Crippen molar-refractivity contribution in [3.63, 3.8) is 0 Å². The van der Waals surface area contributed by atoms with E-state index in [1.54, 1.807) is 11.2 Å². The average molecular weight is 314 g/mol. The van der Waals surface area contributed by atoms with Crippen LogP contribution in [0, 0.1) is 5.92 Å². The lowest BCUT2D eigenvalue weighted by Crippen LogP contribution is -2.50. The van der Waals surface area contributed by atoms with Crippen molar-refractivity contribution in [1.82, 2.24) is 14.5 Å². The molecule has 2 N–H and O–H groups in total. The quantitative estimate of drug-likeness (QED) is 0.936. The molecule has 0 spiro atoms. The summed E-state index contributed by atoms with van der Waals surface area (Å²) in [7, 11) is 0. The highest BCUT2D eigenvalue weighted by Gasteiger charge is 2.34. The van der Waals surface area contributed by atoms with Gasteiger partial charge in [-0.15, -0.1) is 0 Å². The molecule has 23 heavy (non-hydrogen) atoms. The van der Waals surface area contributed by atoms with Crippen molar-refractivity contribution < 1.29 is 9.59 Å². The molecule has 0 saturated carbocycles. The standard InChI is InChI=1S/C17H22N4O2/c1-11-7-8-13(16(18)22)9-20(11)17(23)12(2)21-10-19-14-5-3-4-6-15(14)21/h3-6,10-13H,7-9H2,1-2H3,(H2,18,22). The number of imidazole rings is 1. The SMILES string of the molecule is CC1CCC(C(N)=O)CN1C(=O)C(C)n1cnc2ccccc21. The number of nitrogens with two attached hydrogens (primary N) is 1. The van der Waals surface area contributed by atoms with Crippen LogP contribution < -0.4 is 5.73 Å². The Morgan fingerprint density at radius 3 is 2.78 bits per heavy atom. The summed E-state index contributed by atoms with van der Waals surface area (Å²) in [6.07, 6.45) is 3.26. The summed E-state index contributed by atoms with van der Waals surface area (Å²) in [5.41, 5.74) is 7.23. The molecule has 1 saturated heterocycles. The van der Waals surface area contributed by atoms with Gasteiger partial charge in [0.05, 0.1) is 23.3 Å². The summed E-state index contributed by atoms with van der Waals surface area (Å²) in [5, 5.41) is 0. The second-order valence-corrected chi connectivity index (χ2v) is 6.33. The van der Waals surface area contributed by atoms with E-state index < -0.39 is 0 Å². The zero-order chi connectivity index (χ0) is 16.6. The van der Waals surface area contributed by atoms with Crippen molar-refractivity contribution in [2.24, 2.45) is 11.7 Å². The van der Waals surface area contributed by atoms with Crippen LogP contribution in [0.2, 0.25) is 0 Å². The second-order valence-electron chi connectivity index (χ2n) is 6.33. The summed E-state index contributed by atoms with van der Waals surface area (Å²) < 4.78 is 1.89. The summed E-state index contributed by atoms with van der Waals surface area (Å²) in [6, 6.07) is 7.50. The lowest BCUT2D eigenvalue weighted by atomic mass is 9.92. The summed E-state index contributed by atoms with van der Waals surface area (Å²) in [5.74, 6) is -0.566. The summed E-state index contributed by atoms with van der Waals surface area (Å²) in [6.45, 7) is 4.30. The van der Waals surface area contributed by atoms with E-state index in [0.29, 0.717) is 6.54 Å². The van der Waals surface area contributed by atoms with Crippen molar-refractivity contribution >= 4 is 22.8 Å². The van der Waals surface area contributed by atoms with E-state index in [2.05, 4.69) is 4.98 Å². The number of aromatic nitrogens is 2. The molecule has 2 aromatic rings. The van der Waals surface area contributed by atoms with Crippen molar-refractivity contribution in [1.29, 1.82) is 0 Å². The minimum absolute atomic E-state index is 0.00611. The number of carbonyl (C=O) groups is 2. The van der Waals surface area contributed by atoms with Gasteiger partial charge in [0.2, 0.25) is 11.8 Å². The van der Waals surface area contributed by atoms with Crippen LogP contribution >= 0.6 is 0 Å². The monoisotopic (exact) mass is 314 g/mol. The van der Waals surface area contributed by atoms with Crippen molar-refractivity contribution in [2.45, 2.75) is 38.8 Å². The molecule has 1 aliphatic rings. The highest BCUT2D eigenvalue weighted by Crippen LogP contribution is 2.26. The predicted octanol–water partition coefficient (Wildman–Crippen LogP) is 1.71. The molecule has 6 nitrogen and oxygen atoms in total. The van der Waals surface area contributed by atoms with Crippen LogP contribution in [0.3, 0.4) is 0 Å². The Morgan fingerprint density at radius 1 is 1.30 bits per heavy atom. The number of para-hydroxylation sites is 2. The predicted molar refractivity (Wildman–Crippen MR) is 87.5 cm³/mol. The number of primary amides is 1.